The van der Waals surface area contributed by atoms with Crippen molar-refractivity contribution in [2.75, 3.05) is 32.8 Å². The number of ether oxygens (including phenoxy) is 3. The zero-order chi connectivity index (χ0) is 20.8. The van der Waals surface area contributed by atoms with Gasteiger partial charge in [-0.1, -0.05) is 6.07 Å². The maximum atomic E-state index is 14.1. The van der Waals surface area contributed by atoms with Crippen molar-refractivity contribution in [2.45, 2.75) is 6.92 Å². The van der Waals surface area contributed by atoms with Gasteiger partial charge < -0.3 is 19.5 Å². The fraction of sp³-hybridized carbons (Fsp3) is 0.238. The van der Waals surface area contributed by atoms with Gasteiger partial charge in [0.15, 0.2) is 17.3 Å². The van der Waals surface area contributed by atoms with Crippen molar-refractivity contribution < 1.29 is 23.4 Å². The molecule has 1 heterocycles. The molecule has 0 saturated carbocycles. The average molecular weight is 399 g/mol. The number of rotatable bonds is 8. The van der Waals surface area contributed by atoms with Gasteiger partial charge >= 0.3 is 0 Å². The Labute approximate surface area is 168 Å². The van der Waals surface area contributed by atoms with E-state index in [2.05, 4.69) is 10.4 Å². The zero-order valence-corrected chi connectivity index (χ0v) is 16.4. The molecule has 0 atom stereocenters. The molecule has 0 saturated heterocycles. The predicted octanol–water partition coefficient (Wildman–Crippen LogP) is 3.61. The molecular weight excluding hydrogens is 377 g/mol. The van der Waals surface area contributed by atoms with Gasteiger partial charge in [-0.05, 0) is 42.8 Å². The van der Waals surface area contributed by atoms with E-state index in [0.29, 0.717) is 18.0 Å². The van der Waals surface area contributed by atoms with Crippen LogP contribution in [0.3, 0.4) is 0 Å². The topological polar surface area (TPSA) is 74.6 Å². The van der Waals surface area contributed by atoms with Crippen LogP contribution in [0, 0.1) is 12.7 Å². The lowest BCUT2D eigenvalue weighted by atomic mass is 10.2. The van der Waals surface area contributed by atoms with Gasteiger partial charge in [-0.15, -0.1) is 0 Å². The summed E-state index contributed by atoms with van der Waals surface area (Å²) in [6.07, 6.45) is 1.67. The number of nitrogens with one attached hydrogen (secondary N) is 1. The summed E-state index contributed by atoms with van der Waals surface area (Å²) in [5.74, 6) is -0.301. The van der Waals surface area contributed by atoms with Crippen molar-refractivity contribution in [1.82, 2.24) is 9.78 Å². The van der Waals surface area contributed by atoms with Gasteiger partial charge in [0.2, 0.25) is 0 Å². The van der Waals surface area contributed by atoms with E-state index in [1.165, 1.54) is 19.2 Å². The third kappa shape index (κ3) is 4.91. The third-order valence-corrected chi connectivity index (χ3v) is 4.14. The van der Waals surface area contributed by atoms with E-state index in [1.807, 2.05) is 25.1 Å². The van der Waals surface area contributed by atoms with Crippen LogP contribution in [0.5, 0.6) is 11.5 Å². The fourth-order valence-corrected chi connectivity index (χ4v) is 2.68. The molecule has 0 bridgehead atoms. The largest absolute Gasteiger partial charge is 0.494 e. The Morgan fingerprint density at radius 2 is 1.90 bits per heavy atom. The molecule has 7 nitrogen and oxygen atoms in total. The Morgan fingerprint density at radius 3 is 2.62 bits per heavy atom. The van der Waals surface area contributed by atoms with Gasteiger partial charge in [-0.3, -0.25) is 4.79 Å². The average Bonchev–Trinajstić information content (AvgIpc) is 3.20. The highest BCUT2D eigenvalue weighted by Crippen LogP contribution is 2.24. The van der Waals surface area contributed by atoms with Gasteiger partial charge in [-0.25, -0.2) is 9.07 Å². The van der Waals surface area contributed by atoms with Crippen molar-refractivity contribution in [1.29, 1.82) is 0 Å². The number of nitrogens with zero attached hydrogens (tertiary/aromatic N) is 2. The highest BCUT2D eigenvalue weighted by molar-refractivity contribution is 6.02. The molecule has 3 rings (SSSR count). The number of aryl methyl sites for hydroxylation is 1. The highest BCUT2D eigenvalue weighted by atomic mass is 19.1. The van der Waals surface area contributed by atoms with E-state index < -0.39 is 11.7 Å². The van der Waals surface area contributed by atoms with Crippen molar-refractivity contribution >= 4 is 11.6 Å². The minimum atomic E-state index is -0.575. The van der Waals surface area contributed by atoms with Gasteiger partial charge in [0.05, 0.1) is 13.7 Å². The summed E-state index contributed by atoms with van der Waals surface area (Å²) in [5.41, 5.74) is 2.24. The first-order chi connectivity index (χ1) is 14.0. The van der Waals surface area contributed by atoms with E-state index >= 15 is 0 Å². The first-order valence-electron chi connectivity index (χ1n) is 8.95. The number of carbonyl (C=O) groups is 1. The van der Waals surface area contributed by atoms with Gasteiger partial charge in [0.25, 0.3) is 5.91 Å². The Hall–Kier alpha value is -3.39. The van der Waals surface area contributed by atoms with Crippen LogP contribution in [0.2, 0.25) is 0 Å². The summed E-state index contributed by atoms with van der Waals surface area (Å²) in [6, 6.07) is 11.5. The Balaban J connectivity index is 1.72. The Bertz CT molecular complexity index is 1000. The van der Waals surface area contributed by atoms with E-state index in [4.69, 9.17) is 14.2 Å². The van der Waals surface area contributed by atoms with Crippen molar-refractivity contribution in [3.05, 3.63) is 65.7 Å². The molecule has 2 aromatic carbocycles. The number of anilines is 1. The number of methoxy groups -OCH3 is 2. The predicted molar refractivity (Wildman–Crippen MR) is 107 cm³/mol. The third-order valence-electron chi connectivity index (χ3n) is 4.14. The van der Waals surface area contributed by atoms with E-state index in [0.717, 1.165) is 11.3 Å². The van der Waals surface area contributed by atoms with Crippen LogP contribution in [0.15, 0.2) is 48.7 Å². The molecule has 0 fully saturated rings. The molecule has 152 valence electrons. The summed E-state index contributed by atoms with van der Waals surface area (Å²) >= 11 is 0. The molecule has 0 aliphatic heterocycles. The first-order valence-corrected chi connectivity index (χ1v) is 8.95. The first kappa shape index (κ1) is 20.3. The molecule has 0 aliphatic rings. The van der Waals surface area contributed by atoms with Crippen molar-refractivity contribution in [3.8, 4) is 17.2 Å². The smallest absolute Gasteiger partial charge is 0.276 e. The summed E-state index contributed by atoms with van der Waals surface area (Å²) < 4.78 is 31.2. The lowest BCUT2D eigenvalue weighted by Gasteiger charge is -2.10. The summed E-state index contributed by atoms with van der Waals surface area (Å²) in [6.45, 7) is 2.54. The van der Waals surface area contributed by atoms with Crippen LogP contribution < -0.4 is 14.8 Å². The van der Waals surface area contributed by atoms with Crippen LogP contribution in [0.4, 0.5) is 10.1 Å². The van der Waals surface area contributed by atoms with Gasteiger partial charge in [0, 0.05) is 25.1 Å². The SMILES string of the molecule is COCCOc1ccc(NC(=O)c2ccn(-c3cc(C)ccc3OC)n2)cc1F. The summed E-state index contributed by atoms with van der Waals surface area (Å²) in [5, 5.41) is 6.94. The molecule has 8 heteroatoms. The molecule has 1 amide bonds. The Morgan fingerprint density at radius 1 is 1.10 bits per heavy atom. The molecule has 0 unspecified atom stereocenters. The molecule has 1 N–H and O–H groups in total. The van der Waals surface area contributed by atoms with Crippen LogP contribution in [-0.2, 0) is 4.74 Å². The quantitative estimate of drug-likeness (QED) is 0.586. The minimum absolute atomic E-state index is 0.0934. The van der Waals surface area contributed by atoms with Gasteiger partial charge in [-0.2, -0.15) is 5.10 Å². The summed E-state index contributed by atoms with van der Waals surface area (Å²) in [4.78, 5) is 12.5. The second-order valence-electron chi connectivity index (χ2n) is 6.26. The fourth-order valence-electron chi connectivity index (χ4n) is 2.68. The monoisotopic (exact) mass is 399 g/mol. The summed E-state index contributed by atoms with van der Waals surface area (Å²) in [7, 11) is 3.11. The lowest BCUT2D eigenvalue weighted by Crippen LogP contribution is -2.13. The van der Waals surface area contributed by atoms with E-state index in [-0.39, 0.29) is 18.1 Å². The number of halogens is 1. The zero-order valence-electron chi connectivity index (χ0n) is 16.4. The maximum absolute atomic E-state index is 14.1. The number of amides is 1. The molecule has 3 aromatic rings. The minimum Gasteiger partial charge on any atom is -0.494 e. The number of carbonyl (C=O) groups excluding carboxylic acids is 1. The molecule has 0 aliphatic carbocycles. The molecule has 29 heavy (non-hydrogen) atoms. The standard InChI is InChI=1S/C21H22FN3O4/c1-14-4-6-20(28-3)18(12-14)25-9-8-17(24-25)21(26)23-15-5-7-19(16(22)13-15)29-11-10-27-2/h4-9,12-13H,10-11H2,1-3H3,(H,23,26). The Kier molecular flexibility index (Phi) is 6.46. The van der Waals surface area contributed by atoms with Gasteiger partial charge in [0.1, 0.15) is 18.0 Å². The van der Waals surface area contributed by atoms with Crippen molar-refractivity contribution in [3.63, 3.8) is 0 Å². The number of benzene rings is 2. The molecule has 1 aromatic heterocycles. The second-order valence-corrected chi connectivity index (χ2v) is 6.26. The number of hydrogen-bond acceptors (Lipinski definition) is 5. The second kappa shape index (κ2) is 9.20. The van der Waals surface area contributed by atoms with E-state index in [1.54, 1.807) is 30.1 Å². The lowest BCUT2D eigenvalue weighted by molar-refractivity contribution is 0.102. The van der Waals surface area contributed by atoms with Crippen LogP contribution >= 0.6 is 0 Å². The van der Waals surface area contributed by atoms with Crippen LogP contribution in [0.1, 0.15) is 16.1 Å². The van der Waals surface area contributed by atoms with Crippen LogP contribution in [0.25, 0.3) is 5.69 Å². The van der Waals surface area contributed by atoms with E-state index in [9.17, 15) is 9.18 Å². The molecular formula is C21H22FN3O4. The number of hydrogen-bond donors (Lipinski definition) is 1. The van der Waals surface area contributed by atoms with Crippen molar-refractivity contribution in [2.24, 2.45) is 0 Å². The highest BCUT2D eigenvalue weighted by Gasteiger charge is 2.14. The maximum Gasteiger partial charge on any atom is 0.276 e. The molecule has 0 spiro atoms. The normalized spacial score (nSPS) is 10.6. The van der Waals surface area contributed by atoms with Crippen LogP contribution in [-0.4, -0.2) is 43.1 Å². The number of aromatic nitrogens is 2. The molecule has 0 radical (unpaired) electrons.